The van der Waals surface area contributed by atoms with E-state index in [9.17, 15) is 13.6 Å². The molecule has 0 saturated heterocycles. The van der Waals surface area contributed by atoms with Crippen LogP contribution in [0.1, 0.15) is 43.0 Å². The van der Waals surface area contributed by atoms with Crippen molar-refractivity contribution in [2.75, 3.05) is 13.6 Å². The van der Waals surface area contributed by atoms with E-state index in [2.05, 4.69) is 6.92 Å². The van der Waals surface area contributed by atoms with Gasteiger partial charge in [-0.1, -0.05) is 19.8 Å². The number of carbonyl (C=O) groups is 1. The van der Waals surface area contributed by atoms with Gasteiger partial charge in [-0.2, -0.15) is 0 Å². The van der Waals surface area contributed by atoms with Crippen molar-refractivity contribution in [3.63, 3.8) is 0 Å². The first-order valence-corrected chi connectivity index (χ1v) is 7.17. The third kappa shape index (κ3) is 3.42. The summed E-state index contributed by atoms with van der Waals surface area (Å²) < 4.78 is 26.4. The van der Waals surface area contributed by atoms with Crippen LogP contribution in [-0.2, 0) is 0 Å². The Morgan fingerprint density at radius 3 is 2.65 bits per heavy atom. The second kappa shape index (κ2) is 6.44. The lowest BCUT2D eigenvalue weighted by Crippen LogP contribution is -2.41. The highest BCUT2D eigenvalue weighted by Gasteiger charge is 2.26. The maximum absolute atomic E-state index is 13.6. The predicted molar refractivity (Wildman–Crippen MR) is 74.7 cm³/mol. The van der Waals surface area contributed by atoms with Gasteiger partial charge in [-0.05, 0) is 37.9 Å². The van der Waals surface area contributed by atoms with Crippen molar-refractivity contribution in [2.24, 2.45) is 5.92 Å². The molecule has 0 spiro atoms. The lowest BCUT2D eigenvalue weighted by molar-refractivity contribution is 0.0847. The molecule has 2 unspecified atom stereocenters. The van der Waals surface area contributed by atoms with Crippen LogP contribution >= 0.6 is 0 Å². The Hall–Kier alpha value is -1.29. The number of likely N-dealkylation sites (N-methyl/N-ethyl adjacent to an activating group) is 1. The number of carbonyl (C=O) groups excluding carboxylic acids is 1. The van der Waals surface area contributed by atoms with E-state index in [-0.39, 0.29) is 17.9 Å². The van der Waals surface area contributed by atoms with Crippen LogP contribution in [0, 0.1) is 17.6 Å². The molecular formula is C16H21F2NO. The normalized spacial score (nSPS) is 23.1. The highest BCUT2D eigenvalue weighted by Crippen LogP contribution is 2.27. The summed E-state index contributed by atoms with van der Waals surface area (Å²) in [6, 6.07) is 3.48. The quantitative estimate of drug-likeness (QED) is 0.785. The molecule has 0 amide bonds. The lowest BCUT2D eigenvalue weighted by atomic mass is 9.85. The second-order valence-corrected chi connectivity index (χ2v) is 5.79. The average Bonchev–Trinajstić information content (AvgIpc) is 2.38. The first-order chi connectivity index (χ1) is 9.49. The van der Waals surface area contributed by atoms with Crippen LogP contribution in [0.3, 0.4) is 0 Å². The molecule has 4 heteroatoms. The fourth-order valence-corrected chi connectivity index (χ4v) is 3.10. The number of Topliss-reactive ketones (excluding diaryl/α,β-unsaturated/α-hetero) is 1. The van der Waals surface area contributed by atoms with Crippen molar-refractivity contribution in [3.8, 4) is 0 Å². The van der Waals surface area contributed by atoms with Crippen LogP contribution < -0.4 is 0 Å². The lowest BCUT2D eigenvalue weighted by Gasteiger charge is -2.35. The molecule has 0 aromatic heterocycles. The minimum absolute atomic E-state index is 0.0262. The van der Waals surface area contributed by atoms with Crippen LogP contribution in [0.25, 0.3) is 0 Å². The highest BCUT2D eigenvalue weighted by atomic mass is 19.1. The fraction of sp³-hybridized carbons (Fsp3) is 0.562. The number of nitrogens with zero attached hydrogens (tertiary/aromatic N) is 1. The molecule has 1 saturated carbocycles. The zero-order valence-electron chi connectivity index (χ0n) is 12.0. The van der Waals surface area contributed by atoms with Crippen molar-refractivity contribution in [1.29, 1.82) is 0 Å². The maximum atomic E-state index is 13.6. The number of hydrogen-bond donors (Lipinski definition) is 0. The second-order valence-electron chi connectivity index (χ2n) is 5.79. The predicted octanol–water partition coefficient (Wildman–Crippen LogP) is 3.66. The molecule has 2 nitrogen and oxygen atoms in total. The SMILES string of the molecule is CC1CCCCC1N(C)CC(=O)c1ccc(F)cc1F. The first-order valence-electron chi connectivity index (χ1n) is 7.17. The van der Waals surface area contributed by atoms with E-state index in [1.165, 1.54) is 25.3 Å². The molecule has 2 rings (SSSR count). The number of rotatable bonds is 4. The van der Waals surface area contributed by atoms with Gasteiger partial charge < -0.3 is 0 Å². The van der Waals surface area contributed by atoms with Gasteiger partial charge in [-0.15, -0.1) is 0 Å². The topological polar surface area (TPSA) is 20.3 Å². The van der Waals surface area contributed by atoms with E-state index in [0.29, 0.717) is 12.0 Å². The molecule has 1 aliphatic rings. The fourth-order valence-electron chi connectivity index (χ4n) is 3.10. The number of halogens is 2. The summed E-state index contributed by atoms with van der Waals surface area (Å²) >= 11 is 0. The third-order valence-corrected chi connectivity index (χ3v) is 4.26. The Labute approximate surface area is 118 Å². The molecule has 2 atom stereocenters. The van der Waals surface area contributed by atoms with Gasteiger partial charge in [-0.3, -0.25) is 9.69 Å². The van der Waals surface area contributed by atoms with E-state index in [1.54, 1.807) is 0 Å². The van der Waals surface area contributed by atoms with Crippen molar-refractivity contribution in [3.05, 3.63) is 35.4 Å². The van der Waals surface area contributed by atoms with Gasteiger partial charge in [0.2, 0.25) is 0 Å². The van der Waals surface area contributed by atoms with Gasteiger partial charge in [0, 0.05) is 12.1 Å². The minimum atomic E-state index is -0.778. The summed E-state index contributed by atoms with van der Waals surface area (Å²) in [6.07, 6.45) is 4.68. The summed E-state index contributed by atoms with van der Waals surface area (Å²) in [6.45, 7) is 2.38. The largest absolute Gasteiger partial charge is 0.296 e. The molecule has 1 fully saturated rings. The summed E-state index contributed by atoms with van der Waals surface area (Å²) in [5, 5.41) is 0. The van der Waals surface area contributed by atoms with Crippen LogP contribution in [0.15, 0.2) is 18.2 Å². The molecule has 1 aromatic rings. The molecule has 0 bridgehead atoms. The summed E-state index contributed by atoms with van der Waals surface area (Å²) in [5.41, 5.74) is -0.0262. The zero-order valence-corrected chi connectivity index (χ0v) is 12.0. The van der Waals surface area contributed by atoms with Crippen LogP contribution in [-0.4, -0.2) is 30.3 Å². The van der Waals surface area contributed by atoms with Crippen molar-refractivity contribution in [1.82, 2.24) is 4.90 Å². The van der Waals surface area contributed by atoms with Gasteiger partial charge in [0.05, 0.1) is 12.1 Å². The molecule has 1 aliphatic carbocycles. The number of hydrogen-bond acceptors (Lipinski definition) is 2. The molecule has 0 radical (unpaired) electrons. The standard InChI is InChI=1S/C16H21F2NO/c1-11-5-3-4-6-15(11)19(2)10-16(20)13-8-7-12(17)9-14(13)18/h7-9,11,15H,3-6,10H2,1-2H3. The van der Waals surface area contributed by atoms with E-state index in [1.807, 2.05) is 11.9 Å². The summed E-state index contributed by atoms with van der Waals surface area (Å²) in [5.74, 6) is -1.17. The first kappa shape index (κ1) is 15.1. The third-order valence-electron chi connectivity index (χ3n) is 4.26. The molecular weight excluding hydrogens is 260 g/mol. The van der Waals surface area contributed by atoms with Crippen LogP contribution in [0.4, 0.5) is 8.78 Å². The van der Waals surface area contributed by atoms with Crippen molar-refractivity contribution < 1.29 is 13.6 Å². The number of benzene rings is 1. The summed E-state index contributed by atoms with van der Waals surface area (Å²) in [4.78, 5) is 14.1. The van der Waals surface area contributed by atoms with Crippen molar-refractivity contribution in [2.45, 2.75) is 38.6 Å². The van der Waals surface area contributed by atoms with Gasteiger partial charge in [-0.25, -0.2) is 8.78 Å². The van der Waals surface area contributed by atoms with Gasteiger partial charge in [0.1, 0.15) is 11.6 Å². The minimum Gasteiger partial charge on any atom is -0.296 e. The van der Waals surface area contributed by atoms with E-state index in [4.69, 9.17) is 0 Å². The molecule has 1 aromatic carbocycles. The van der Waals surface area contributed by atoms with Crippen LogP contribution in [0.5, 0.6) is 0 Å². The Bertz CT molecular complexity index is 489. The van der Waals surface area contributed by atoms with E-state index < -0.39 is 11.6 Å². The Kier molecular flexibility index (Phi) is 4.86. The maximum Gasteiger partial charge on any atom is 0.179 e. The molecule has 0 aliphatic heterocycles. The van der Waals surface area contributed by atoms with Crippen molar-refractivity contribution >= 4 is 5.78 Å². The molecule has 20 heavy (non-hydrogen) atoms. The zero-order chi connectivity index (χ0) is 14.7. The highest BCUT2D eigenvalue weighted by molar-refractivity contribution is 5.97. The van der Waals surface area contributed by atoms with Crippen LogP contribution in [0.2, 0.25) is 0 Å². The summed E-state index contributed by atoms with van der Waals surface area (Å²) in [7, 11) is 1.91. The molecule has 0 N–H and O–H groups in total. The van der Waals surface area contributed by atoms with E-state index >= 15 is 0 Å². The molecule has 110 valence electrons. The monoisotopic (exact) mass is 281 g/mol. The Balaban J connectivity index is 2.03. The Morgan fingerprint density at radius 1 is 1.30 bits per heavy atom. The average molecular weight is 281 g/mol. The Morgan fingerprint density at radius 2 is 2.00 bits per heavy atom. The van der Waals surface area contributed by atoms with Gasteiger partial charge in [0.25, 0.3) is 0 Å². The van der Waals surface area contributed by atoms with Gasteiger partial charge >= 0.3 is 0 Å². The van der Waals surface area contributed by atoms with Gasteiger partial charge in [0.15, 0.2) is 5.78 Å². The van der Waals surface area contributed by atoms with E-state index in [0.717, 1.165) is 18.6 Å². The number of ketones is 1. The molecule has 0 heterocycles. The smallest absolute Gasteiger partial charge is 0.179 e.